The summed E-state index contributed by atoms with van der Waals surface area (Å²) < 4.78 is 19.1. The van der Waals surface area contributed by atoms with Crippen LogP contribution in [-0.4, -0.2) is 18.7 Å². The molecule has 1 aromatic carbocycles. The summed E-state index contributed by atoms with van der Waals surface area (Å²) in [6.07, 6.45) is 0.00738. The van der Waals surface area contributed by atoms with Crippen LogP contribution in [0.2, 0.25) is 5.02 Å². The molecule has 0 fully saturated rings. The number of halogens is 2. The SMILES string of the molecule is CC(C)NCC(Oc1ccc(Cl)c(F)c1)C(C)C. The maximum Gasteiger partial charge on any atom is 0.145 e. The van der Waals surface area contributed by atoms with Crippen LogP contribution in [0.25, 0.3) is 0 Å². The maximum atomic E-state index is 13.3. The van der Waals surface area contributed by atoms with Gasteiger partial charge in [-0.25, -0.2) is 4.39 Å². The van der Waals surface area contributed by atoms with E-state index in [0.717, 1.165) is 6.54 Å². The van der Waals surface area contributed by atoms with E-state index >= 15 is 0 Å². The van der Waals surface area contributed by atoms with Crippen molar-refractivity contribution >= 4 is 11.6 Å². The van der Waals surface area contributed by atoms with Gasteiger partial charge in [-0.15, -0.1) is 0 Å². The molecule has 18 heavy (non-hydrogen) atoms. The Bertz CT molecular complexity index is 382. The molecule has 1 rings (SSSR count). The fourth-order valence-corrected chi connectivity index (χ4v) is 1.61. The highest BCUT2D eigenvalue weighted by atomic mass is 35.5. The Balaban J connectivity index is 2.67. The molecule has 0 aliphatic heterocycles. The van der Waals surface area contributed by atoms with Gasteiger partial charge in [0.15, 0.2) is 0 Å². The Morgan fingerprint density at radius 2 is 1.94 bits per heavy atom. The third-order valence-electron chi connectivity index (χ3n) is 2.65. The van der Waals surface area contributed by atoms with Gasteiger partial charge in [-0.1, -0.05) is 39.3 Å². The predicted molar refractivity (Wildman–Crippen MR) is 73.8 cm³/mol. The lowest BCUT2D eigenvalue weighted by molar-refractivity contribution is 0.146. The monoisotopic (exact) mass is 273 g/mol. The van der Waals surface area contributed by atoms with Gasteiger partial charge < -0.3 is 10.1 Å². The molecule has 0 radical (unpaired) electrons. The molecule has 1 atom stereocenters. The Morgan fingerprint density at radius 1 is 1.28 bits per heavy atom. The van der Waals surface area contributed by atoms with Gasteiger partial charge in [0.25, 0.3) is 0 Å². The quantitative estimate of drug-likeness (QED) is 0.849. The van der Waals surface area contributed by atoms with E-state index in [1.165, 1.54) is 12.1 Å². The second-order valence-corrected chi connectivity index (χ2v) is 5.45. The summed E-state index contributed by atoms with van der Waals surface area (Å²) in [5.74, 6) is 0.407. The average molecular weight is 274 g/mol. The second kappa shape index (κ2) is 6.95. The van der Waals surface area contributed by atoms with E-state index in [4.69, 9.17) is 16.3 Å². The van der Waals surface area contributed by atoms with Gasteiger partial charge in [-0.05, 0) is 18.1 Å². The first-order valence-corrected chi connectivity index (χ1v) is 6.63. The zero-order valence-corrected chi connectivity index (χ0v) is 12.1. The van der Waals surface area contributed by atoms with Gasteiger partial charge in [0.05, 0.1) is 5.02 Å². The van der Waals surface area contributed by atoms with E-state index < -0.39 is 5.82 Å². The zero-order chi connectivity index (χ0) is 13.7. The molecule has 0 aliphatic carbocycles. The van der Waals surface area contributed by atoms with E-state index in [1.54, 1.807) is 6.07 Å². The molecule has 1 N–H and O–H groups in total. The minimum absolute atomic E-state index is 0.00738. The third kappa shape index (κ3) is 4.83. The molecule has 0 aromatic heterocycles. The van der Waals surface area contributed by atoms with Gasteiger partial charge in [0.2, 0.25) is 0 Å². The fourth-order valence-electron chi connectivity index (χ4n) is 1.49. The van der Waals surface area contributed by atoms with Crippen LogP contribution in [0.4, 0.5) is 4.39 Å². The number of nitrogens with one attached hydrogen (secondary N) is 1. The first-order chi connectivity index (χ1) is 8.40. The van der Waals surface area contributed by atoms with Crippen molar-refractivity contribution in [2.45, 2.75) is 39.8 Å². The Labute approximate surface area is 113 Å². The summed E-state index contributed by atoms with van der Waals surface area (Å²) >= 11 is 5.64. The van der Waals surface area contributed by atoms with Crippen molar-refractivity contribution in [3.63, 3.8) is 0 Å². The lowest BCUT2D eigenvalue weighted by Crippen LogP contribution is -2.38. The highest BCUT2D eigenvalue weighted by Crippen LogP contribution is 2.22. The molecular weight excluding hydrogens is 253 g/mol. The Kier molecular flexibility index (Phi) is 5.89. The summed E-state index contributed by atoms with van der Waals surface area (Å²) in [6.45, 7) is 9.07. The number of hydrogen-bond donors (Lipinski definition) is 1. The predicted octanol–water partition coefficient (Wildman–Crippen LogP) is 3.88. The molecule has 0 amide bonds. The molecule has 2 nitrogen and oxygen atoms in total. The summed E-state index contributed by atoms with van der Waals surface area (Å²) in [5, 5.41) is 3.44. The van der Waals surface area contributed by atoms with Gasteiger partial charge >= 0.3 is 0 Å². The molecule has 0 aliphatic rings. The van der Waals surface area contributed by atoms with Gasteiger partial charge in [-0.2, -0.15) is 0 Å². The third-order valence-corrected chi connectivity index (χ3v) is 2.96. The molecule has 0 bridgehead atoms. The smallest absolute Gasteiger partial charge is 0.145 e. The summed E-state index contributed by atoms with van der Waals surface area (Å²) in [5.41, 5.74) is 0. The molecule has 0 heterocycles. The molecular formula is C14H21ClFNO. The first kappa shape index (κ1) is 15.3. The van der Waals surface area contributed by atoms with Crippen LogP contribution in [0.15, 0.2) is 18.2 Å². The molecule has 4 heteroatoms. The number of hydrogen-bond acceptors (Lipinski definition) is 2. The van der Waals surface area contributed by atoms with Crippen molar-refractivity contribution in [3.8, 4) is 5.75 Å². The average Bonchev–Trinajstić information content (AvgIpc) is 2.28. The molecule has 102 valence electrons. The van der Waals surface area contributed by atoms with E-state index in [1.807, 2.05) is 0 Å². The van der Waals surface area contributed by atoms with Crippen molar-refractivity contribution in [3.05, 3.63) is 29.0 Å². The van der Waals surface area contributed by atoms with E-state index in [2.05, 4.69) is 33.0 Å². The van der Waals surface area contributed by atoms with E-state index in [-0.39, 0.29) is 11.1 Å². The van der Waals surface area contributed by atoms with Crippen LogP contribution >= 0.6 is 11.6 Å². The van der Waals surface area contributed by atoms with Gasteiger partial charge in [0, 0.05) is 18.7 Å². The summed E-state index contributed by atoms with van der Waals surface area (Å²) in [7, 11) is 0. The maximum absolute atomic E-state index is 13.3. The normalized spacial score (nSPS) is 13.1. The Hall–Kier alpha value is -0.800. The standard InChI is InChI=1S/C14H21ClFNO/c1-9(2)14(8-17-10(3)4)18-11-5-6-12(15)13(16)7-11/h5-7,9-10,14,17H,8H2,1-4H3. The highest BCUT2D eigenvalue weighted by molar-refractivity contribution is 6.30. The largest absolute Gasteiger partial charge is 0.489 e. The van der Waals surface area contributed by atoms with E-state index in [9.17, 15) is 4.39 Å². The molecule has 0 saturated carbocycles. The van der Waals surface area contributed by atoms with Crippen LogP contribution in [-0.2, 0) is 0 Å². The molecule has 0 saturated heterocycles. The van der Waals surface area contributed by atoms with Crippen molar-refractivity contribution in [2.24, 2.45) is 5.92 Å². The molecule has 1 unspecified atom stereocenters. The molecule has 1 aromatic rings. The number of rotatable bonds is 6. The molecule has 0 spiro atoms. The second-order valence-electron chi connectivity index (χ2n) is 5.04. The number of benzene rings is 1. The van der Waals surface area contributed by atoms with Crippen LogP contribution in [0.5, 0.6) is 5.75 Å². The van der Waals surface area contributed by atoms with Crippen molar-refractivity contribution in [1.29, 1.82) is 0 Å². The van der Waals surface area contributed by atoms with Crippen LogP contribution in [0.1, 0.15) is 27.7 Å². The van der Waals surface area contributed by atoms with Crippen LogP contribution in [0.3, 0.4) is 0 Å². The lowest BCUT2D eigenvalue weighted by Gasteiger charge is -2.24. The van der Waals surface area contributed by atoms with Crippen LogP contribution < -0.4 is 10.1 Å². The van der Waals surface area contributed by atoms with Gasteiger partial charge in [-0.3, -0.25) is 0 Å². The summed E-state index contributed by atoms with van der Waals surface area (Å²) in [4.78, 5) is 0. The highest BCUT2D eigenvalue weighted by Gasteiger charge is 2.16. The van der Waals surface area contributed by atoms with Crippen molar-refractivity contribution in [2.75, 3.05) is 6.54 Å². The van der Waals surface area contributed by atoms with Crippen molar-refractivity contribution in [1.82, 2.24) is 5.32 Å². The number of ether oxygens (including phenoxy) is 1. The fraction of sp³-hybridized carbons (Fsp3) is 0.571. The van der Waals surface area contributed by atoms with E-state index in [0.29, 0.717) is 17.7 Å². The zero-order valence-electron chi connectivity index (χ0n) is 11.3. The van der Waals surface area contributed by atoms with Crippen molar-refractivity contribution < 1.29 is 9.13 Å². The Morgan fingerprint density at radius 3 is 2.44 bits per heavy atom. The topological polar surface area (TPSA) is 21.3 Å². The summed E-state index contributed by atoms with van der Waals surface area (Å²) in [6, 6.07) is 4.93. The first-order valence-electron chi connectivity index (χ1n) is 6.25. The lowest BCUT2D eigenvalue weighted by atomic mass is 10.1. The van der Waals surface area contributed by atoms with Crippen LogP contribution in [0, 0.1) is 11.7 Å². The van der Waals surface area contributed by atoms with Gasteiger partial charge in [0.1, 0.15) is 17.7 Å². The minimum atomic E-state index is -0.450. The minimum Gasteiger partial charge on any atom is -0.489 e.